The van der Waals surface area contributed by atoms with Crippen LogP contribution in [-0.4, -0.2) is 113 Å². The molecular weight excluding hydrogens is 672 g/mol. The SMILES string of the molecule is C\C(=C/C(=C/C(F)=C/Oc1ccc(S(=O)(=O)NCCOCCOCCOCCOCCOCCOCCN)cc1)/C=C/F)C(=O)N=C(N)N. The summed E-state index contributed by atoms with van der Waals surface area (Å²) in [7, 11) is -3.84. The Kier molecular flexibility index (Phi) is 24.2. The van der Waals surface area contributed by atoms with Crippen LogP contribution in [0.15, 0.2) is 81.9 Å². The number of hydrogen-bond donors (Lipinski definition) is 4. The maximum Gasteiger partial charge on any atom is 0.275 e. The van der Waals surface area contributed by atoms with Gasteiger partial charge < -0.3 is 50.4 Å². The molecule has 0 atom stereocenters. The molecule has 276 valence electrons. The number of ether oxygens (including phenoxy) is 7. The summed E-state index contributed by atoms with van der Waals surface area (Å²) in [6.45, 7) is 6.68. The van der Waals surface area contributed by atoms with Gasteiger partial charge in [0, 0.05) is 18.7 Å². The normalized spacial score (nSPS) is 12.9. The zero-order valence-corrected chi connectivity index (χ0v) is 28.3. The smallest absolute Gasteiger partial charge is 0.275 e. The highest BCUT2D eigenvalue weighted by molar-refractivity contribution is 7.89. The summed E-state index contributed by atoms with van der Waals surface area (Å²) in [4.78, 5) is 15.1. The quantitative estimate of drug-likeness (QED) is 0.0241. The number of nitrogens with one attached hydrogen (secondary N) is 1. The number of carbonyl (C=O) groups is 1. The van der Waals surface area contributed by atoms with Gasteiger partial charge in [0.25, 0.3) is 5.91 Å². The van der Waals surface area contributed by atoms with Crippen LogP contribution in [0.3, 0.4) is 0 Å². The lowest BCUT2D eigenvalue weighted by Crippen LogP contribution is -2.27. The van der Waals surface area contributed by atoms with E-state index in [2.05, 4.69) is 9.71 Å². The molecule has 1 aromatic carbocycles. The van der Waals surface area contributed by atoms with E-state index in [1.165, 1.54) is 37.3 Å². The average molecular weight is 720 g/mol. The Morgan fingerprint density at radius 3 is 1.78 bits per heavy atom. The van der Waals surface area contributed by atoms with Crippen molar-refractivity contribution in [3.05, 3.63) is 72.1 Å². The first-order chi connectivity index (χ1) is 23.6. The second-order valence-electron chi connectivity index (χ2n) is 9.56. The van der Waals surface area contributed by atoms with Crippen molar-refractivity contribution in [3.8, 4) is 5.75 Å². The van der Waals surface area contributed by atoms with Crippen molar-refractivity contribution >= 4 is 21.9 Å². The molecule has 1 aromatic rings. The summed E-state index contributed by atoms with van der Waals surface area (Å²) >= 11 is 0. The number of rotatable bonds is 28. The van der Waals surface area contributed by atoms with Gasteiger partial charge in [-0.05, 0) is 55.0 Å². The van der Waals surface area contributed by atoms with Gasteiger partial charge in [0.1, 0.15) is 12.0 Å². The fourth-order valence-corrected chi connectivity index (χ4v) is 4.37. The van der Waals surface area contributed by atoms with Crippen molar-refractivity contribution in [2.45, 2.75) is 11.8 Å². The molecule has 0 heterocycles. The molecule has 0 bridgehead atoms. The number of amides is 1. The number of halogens is 2. The van der Waals surface area contributed by atoms with Gasteiger partial charge in [-0.2, -0.15) is 4.99 Å². The van der Waals surface area contributed by atoms with Crippen LogP contribution in [0.1, 0.15) is 6.92 Å². The highest BCUT2D eigenvalue weighted by Gasteiger charge is 2.13. The van der Waals surface area contributed by atoms with Crippen molar-refractivity contribution in [2.75, 3.05) is 92.4 Å². The first kappa shape index (κ1) is 43.4. The second-order valence-corrected chi connectivity index (χ2v) is 11.3. The molecule has 0 aliphatic carbocycles. The summed E-state index contributed by atoms with van der Waals surface area (Å²) in [6, 6.07) is 5.20. The van der Waals surface area contributed by atoms with Gasteiger partial charge in [-0.15, -0.1) is 0 Å². The van der Waals surface area contributed by atoms with Gasteiger partial charge in [-0.3, -0.25) is 4.79 Å². The van der Waals surface area contributed by atoms with Gasteiger partial charge >= 0.3 is 0 Å². The topological polar surface area (TPSA) is 218 Å². The number of nitrogens with zero attached hydrogens (tertiary/aromatic N) is 1. The van der Waals surface area contributed by atoms with E-state index in [0.717, 1.165) is 18.4 Å². The third kappa shape index (κ3) is 22.6. The molecule has 1 rings (SSSR count). The van der Waals surface area contributed by atoms with E-state index in [4.69, 9.17) is 50.4 Å². The molecule has 0 aliphatic rings. The number of hydrogen-bond acceptors (Lipinski definition) is 11. The molecule has 0 unspecified atom stereocenters. The molecule has 1 amide bonds. The summed E-state index contributed by atoms with van der Waals surface area (Å²) in [6.07, 6.45) is 3.86. The van der Waals surface area contributed by atoms with E-state index in [1.54, 1.807) is 0 Å². The third-order valence-electron chi connectivity index (χ3n) is 5.61. The van der Waals surface area contributed by atoms with Crippen molar-refractivity contribution < 1.29 is 55.2 Å². The van der Waals surface area contributed by atoms with E-state index >= 15 is 0 Å². The molecule has 7 N–H and O–H groups in total. The molecule has 0 spiro atoms. The summed E-state index contributed by atoms with van der Waals surface area (Å²) in [5.41, 5.74) is 15.6. The molecule has 15 nitrogen and oxygen atoms in total. The zero-order chi connectivity index (χ0) is 36.2. The Labute approximate surface area is 285 Å². The largest absolute Gasteiger partial charge is 0.462 e. The number of benzene rings is 1. The van der Waals surface area contributed by atoms with Crippen LogP contribution in [0.4, 0.5) is 8.78 Å². The van der Waals surface area contributed by atoms with Crippen LogP contribution in [0.25, 0.3) is 0 Å². The predicted octanol–water partition coefficient (Wildman–Crippen LogP) is 1.37. The Morgan fingerprint density at radius 1 is 0.816 bits per heavy atom. The molecule has 0 aromatic heterocycles. The van der Waals surface area contributed by atoms with Crippen LogP contribution >= 0.6 is 0 Å². The van der Waals surface area contributed by atoms with Crippen molar-refractivity contribution in [3.63, 3.8) is 0 Å². The lowest BCUT2D eigenvalue weighted by molar-refractivity contribution is -0.114. The molecule has 18 heteroatoms. The Hall–Kier alpha value is -3.59. The molecular formula is C31H47F2N5O10S. The van der Waals surface area contributed by atoms with Crippen molar-refractivity contribution in [2.24, 2.45) is 22.2 Å². The number of nitrogens with two attached hydrogens (primary N) is 3. The molecule has 0 saturated heterocycles. The first-order valence-electron chi connectivity index (χ1n) is 15.2. The number of guanidine groups is 1. The average Bonchev–Trinajstić information content (AvgIpc) is 3.06. The maximum atomic E-state index is 14.4. The fraction of sp³-hybridized carbons (Fsp3) is 0.484. The summed E-state index contributed by atoms with van der Waals surface area (Å²) in [5, 5.41) is 0. The van der Waals surface area contributed by atoms with Crippen LogP contribution in [-0.2, 0) is 43.2 Å². The standard InChI is InChI=1S/C31H47F2N5O10S/c1-25(30(39)38-31(35)36)22-26(6-7-32)23-27(33)24-48-28-2-4-29(5-3-28)49(40,41)37-9-11-43-13-15-45-17-19-47-21-20-46-18-16-44-14-12-42-10-8-34/h2-7,22-24,37H,8-21,34H2,1H3,(H4,35,36,38,39)/b7-6+,25-22+,26-23+,27-24-. The minimum Gasteiger partial charge on any atom is -0.462 e. The summed E-state index contributed by atoms with van der Waals surface area (Å²) in [5.74, 6) is -2.03. The van der Waals surface area contributed by atoms with Gasteiger partial charge in [0.05, 0.1) is 90.5 Å². The third-order valence-corrected chi connectivity index (χ3v) is 7.09. The number of carbonyl (C=O) groups excluding carboxylic acids is 1. The van der Waals surface area contributed by atoms with Crippen LogP contribution in [0.5, 0.6) is 5.75 Å². The fourth-order valence-electron chi connectivity index (χ4n) is 3.36. The minimum atomic E-state index is -3.84. The van der Waals surface area contributed by atoms with Crippen LogP contribution in [0, 0.1) is 0 Å². The summed E-state index contributed by atoms with van der Waals surface area (Å²) < 4.78 is 92.0. The zero-order valence-electron chi connectivity index (χ0n) is 27.5. The highest BCUT2D eigenvalue weighted by atomic mass is 32.2. The van der Waals surface area contributed by atoms with Gasteiger partial charge in [0.15, 0.2) is 11.8 Å². The van der Waals surface area contributed by atoms with E-state index in [9.17, 15) is 22.0 Å². The van der Waals surface area contributed by atoms with E-state index in [0.29, 0.717) is 72.6 Å². The first-order valence-corrected chi connectivity index (χ1v) is 16.7. The van der Waals surface area contributed by atoms with Crippen LogP contribution in [0.2, 0.25) is 0 Å². The lowest BCUT2D eigenvalue weighted by atomic mass is 10.1. The maximum absolute atomic E-state index is 14.4. The number of aliphatic imine (C=N–C) groups is 1. The van der Waals surface area contributed by atoms with Crippen molar-refractivity contribution in [1.82, 2.24) is 4.72 Å². The van der Waals surface area contributed by atoms with Crippen molar-refractivity contribution in [1.29, 1.82) is 0 Å². The molecule has 0 aliphatic heterocycles. The van der Waals surface area contributed by atoms with Crippen LogP contribution < -0.4 is 26.7 Å². The van der Waals surface area contributed by atoms with E-state index in [-0.39, 0.29) is 47.9 Å². The molecule has 49 heavy (non-hydrogen) atoms. The highest BCUT2D eigenvalue weighted by Crippen LogP contribution is 2.18. The molecule has 0 radical (unpaired) electrons. The molecule has 0 saturated carbocycles. The monoisotopic (exact) mass is 719 g/mol. The Morgan fingerprint density at radius 2 is 1.31 bits per heavy atom. The number of sulfonamides is 1. The Bertz CT molecular complexity index is 1340. The Balaban J connectivity index is 2.26. The van der Waals surface area contributed by atoms with Gasteiger partial charge in [-0.1, -0.05) is 0 Å². The lowest BCUT2D eigenvalue weighted by Gasteiger charge is -2.09. The number of allylic oxidation sites excluding steroid dienone is 5. The molecule has 0 fully saturated rings. The second kappa shape index (κ2) is 27.3. The minimum absolute atomic E-state index is 0.0214. The van der Waals surface area contributed by atoms with E-state index in [1.807, 2.05) is 0 Å². The van der Waals surface area contributed by atoms with Gasteiger partial charge in [-0.25, -0.2) is 21.9 Å². The predicted molar refractivity (Wildman–Crippen MR) is 178 cm³/mol. The van der Waals surface area contributed by atoms with Gasteiger partial charge in [0.2, 0.25) is 10.0 Å². The van der Waals surface area contributed by atoms with E-state index < -0.39 is 27.7 Å².